The van der Waals surface area contributed by atoms with Crippen LogP contribution in [-0.2, 0) is 19.2 Å². The van der Waals surface area contributed by atoms with Gasteiger partial charge in [0.05, 0.1) is 0 Å². The molecule has 0 aliphatic heterocycles. The van der Waals surface area contributed by atoms with Crippen LogP contribution in [0, 0.1) is 0 Å². The molecule has 0 aromatic rings. The fourth-order valence-corrected chi connectivity index (χ4v) is 0. The van der Waals surface area contributed by atoms with Gasteiger partial charge in [-0.15, -0.1) is 12.4 Å². The summed E-state index contributed by atoms with van der Waals surface area (Å²) in [6.07, 6.45) is -0.556. The molecule has 0 radical (unpaired) electrons. The van der Waals surface area contributed by atoms with Crippen molar-refractivity contribution < 1.29 is 29.4 Å². The number of carbonyl (C=O) groups is 4. The second-order valence-electron chi connectivity index (χ2n) is 0.874. The molecule has 0 heterocycles. The van der Waals surface area contributed by atoms with Gasteiger partial charge in [0.1, 0.15) is 11.9 Å². The Morgan fingerprint density at radius 3 is 1.00 bits per heavy atom. The van der Waals surface area contributed by atoms with Gasteiger partial charge in [0.15, 0.2) is 12.6 Å². The van der Waals surface area contributed by atoms with Crippen LogP contribution in [-0.4, -0.2) is 62.2 Å². The zero-order chi connectivity index (χ0) is 8.57. The minimum atomic E-state index is -1.68. The molecule has 0 spiro atoms. The van der Waals surface area contributed by atoms with Crippen LogP contribution in [0.3, 0.4) is 0 Å². The maximum absolute atomic E-state index is 8.89. The largest absolute Gasteiger partial charge is 2.00 e. The number of carboxylic acid groups (broad SMARTS) is 2. The summed E-state index contributed by atoms with van der Waals surface area (Å²) < 4.78 is 0. The quantitative estimate of drug-likeness (QED) is 0.267. The van der Waals surface area contributed by atoms with E-state index in [0.717, 1.165) is 0 Å². The summed E-state index contributed by atoms with van der Waals surface area (Å²) in [5.41, 5.74) is 0. The number of carboxylic acids is 2. The van der Waals surface area contributed by atoms with E-state index in [4.69, 9.17) is 29.4 Å². The summed E-state index contributed by atoms with van der Waals surface area (Å²) in [6, 6.07) is 0. The molecule has 0 saturated heterocycles. The normalized spacial score (nSPS) is 5.33. The maximum Gasteiger partial charge on any atom is 2.00 e. The second kappa shape index (κ2) is 17.1. The van der Waals surface area contributed by atoms with E-state index < -0.39 is 11.9 Å². The number of hydrogen-bond donors (Lipinski definition) is 0. The SMILES string of the molecule is Cl.O=CC(=O)[O-].O=CC(=O)[O-].[Ca+2]. The van der Waals surface area contributed by atoms with Crippen LogP contribution in [0.1, 0.15) is 0 Å². The molecule has 0 atom stereocenters. The third-order valence-corrected chi connectivity index (χ3v) is 0.192. The molecule has 0 bridgehead atoms. The van der Waals surface area contributed by atoms with Gasteiger partial charge in [-0.25, -0.2) is 0 Å². The minimum absolute atomic E-state index is 0. The van der Waals surface area contributed by atoms with Crippen LogP contribution in [0.25, 0.3) is 0 Å². The van der Waals surface area contributed by atoms with E-state index in [1.165, 1.54) is 0 Å². The first-order chi connectivity index (χ1) is 4.54. The van der Waals surface area contributed by atoms with Gasteiger partial charge in [0, 0.05) is 0 Å². The molecule has 0 aromatic heterocycles. The molecule has 0 aromatic carbocycles. The third-order valence-electron chi connectivity index (χ3n) is 0.192. The molecule has 0 aliphatic carbocycles. The fourth-order valence-electron chi connectivity index (χ4n) is 0. The number of hydrogen-bond acceptors (Lipinski definition) is 6. The van der Waals surface area contributed by atoms with E-state index in [1.807, 2.05) is 0 Å². The van der Waals surface area contributed by atoms with E-state index >= 15 is 0 Å². The Kier molecular flexibility index (Phi) is 32.2. The summed E-state index contributed by atoms with van der Waals surface area (Å²) in [5.74, 6) is -3.35. The second-order valence-corrected chi connectivity index (χ2v) is 0.874. The number of halogens is 1. The van der Waals surface area contributed by atoms with Gasteiger partial charge < -0.3 is 19.8 Å². The summed E-state index contributed by atoms with van der Waals surface area (Å²) in [5, 5.41) is 17.8. The molecular formula is C4H3CaClO6. The van der Waals surface area contributed by atoms with Crippen molar-refractivity contribution in [2.45, 2.75) is 0 Å². The predicted molar refractivity (Wildman–Crippen MR) is 35.1 cm³/mol. The third kappa shape index (κ3) is 52.3. The summed E-state index contributed by atoms with van der Waals surface area (Å²) in [7, 11) is 0. The average molecular weight is 223 g/mol. The van der Waals surface area contributed by atoms with E-state index in [0.29, 0.717) is 0 Å². The standard InChI is InChI=1S/2C2H2O3.Ca.ClH/c2*3-1-2(4)5;;/h2*1H,(H,4,5);;1H/q;;+2;/p-2. The monoisotopic (exact) mass is 222 g/mol. The number of aldehydes is 2. The molecule has 0 aliphatic rings. The Morgan fingerprint density at radius 2 is 1.00 bits per heavy atom. The van der Waals surface area contributed by atoms with Gasteiger partial charge >= 0.3 is 37.7 Å². The molecule has 0 fully saturated rings. The van der Waals surface area contributed by atoms with Gasteiger partial charge in [0.25, 0.3) is 0 Å². The van der Waals surface area contributed by atoms with Gasteiger partial charge in [0.2, 0.25) is 0 Å². The van der Waals surface area contributed by atoms with Gasteiger partial charge in [-0.2, -0.15) is 0 Å². The average Bonchev–Trinajstić information content (AvgIpc) is 1.89. The van der Waals surface area contributed by atoms with Crippen molar-refractivity contribution in [1.82, 2.24) is 0 Å². The first-order valence-corrected chi connectivity index (χ1v) is 1.87. The van der Waals surface area contributed by atoms with Crippen LogP contribution in [0.2, 0.25) is 0 Å². The maximum atomic E-state index is 8.89. The van der Waals surface area contributed by atoms with Crippen LogP contribution in [0.4, 0.5) is 0 Å². The molecule has 0 N–H and O–H groups in total. The smallest absolute Gasteiger partial charge is 0.542 e. The van der Waals surface area contributed by atoms with E-state index in [2.05, 4.69) is 0 Å². The Balaban J connectivity index is -0.0000000457. The first-order valence-electron chi connectivity index (χ1n) is 1.87. The van der Waals surface area contributed by atoms with Crippen LogP contribution in [0.5, 0.6) is 0 Å². The predicted octanol–water partition coefficient (Wildman–Crippen LogP) is -4.09. The van der Waals surface area contributed by atoms with Crippen molar-refractivity contribution in [3.63, 3.8) is 0 Å². The molecule has 6 nitrogen and oxygen atoms in total. The first kappa shape index (κ1) is 22.6. The van der Waals surface area contributed by atoms with Crippen molar-refractivity contribution in [1.29, 1.82) is 0 Å². The Bertz CT molecular complexity index is 140. The van der Waals surface area contributed by atoms with E-state index in [9.17, 15) is 0 Å². The van der Waals surface area contributed by atoms with Crippen LogP contribution in [0.15, 0.2) is 0 Å². The Hall–Kier alpha value is -0.170. The molecule has 0 rings (SSSR count). The molecule has 0 amide bonds. The zero-order valence-corrected chi connectivity index (χ0v) is 8.74. The van der Waals surface area contributed by atoms with Crippen molar-refractivity contribution in [3.05, 3.63) is 0 Å². The summed E-state index contributed by atoms with van der Waals surface area (Å²) in [6.45, 7) is 0. The van der Waals surface area contributed by atoms with Crippen molar-refractivity contribution in [2.24, 2.45) is 0 Å². The van der Waals surface area contributed by atoms with E-state index in [-0.39, 0.29) is 62.7 Å². The van der Waals surface area contributed by atoms with Crippen molar-refractivity contribution >= 4 is 74.7 Å². The van der Waals surface area contributed by atoms with E-state index in [1.54, 1.807) is 0 Å². The van der Waals surface area contributed by atoms with Crippen molar-refractivity contribution in [2.75, 3.05) is 0 Å². The molecule has 12 heavy (non-hydrogen) atoms. The summed E-state index contributed by atoms with van der Waals surface area (Å²) >= 11 is 0. The molecule has 0 saturated carbocycles. The number of rotatable bonds is 2. The Labute approximate surface area is 103 Å². The summed E-state index contributed by atoms with van der Waals surface area (Å²) in [4.78, 5) is 35.5. The molecule has 0 unspecified atom stereocenters. The fraction of sp³-hybridized carbons (Fsp3) is 0. The zero-order valence-electron chi connectivity index (χ0n) is 5.72. The van der Waals surface area contributed by atoms with Crippen LogP contribution < -0.4 is 10.2 Å². The van der Waals surface area contributed by atoms with Crippen LogP contribution >= 0.6 is 12.4 Å². The van der Waals surface area contributed by atoms with Gasteiger partial charge in [-0.3, -0.25) is 9.59 Å². The molecular weight excluding hydrogens is 220 g/mol. The molecule has 64 valence electrons. The van der Waals surface area contributed by atoms with Gasteiger partial charge in [-0.05, 0) is 0 Å². The number of carbonyl (C=O) groups excluding carboxylic acids is 4. The minimum Gasteiger partial charge on any atom is -0.542 e. The van der Waals surface area contributed by atoms with Crippen molar-refractivity contribution in [3.8, 4) is 0 Å². The van der Waals surface area contributed by atoms with Gasteiger partial charge in [-0.1, -0.05) is 0 Å². The Morgan fingerprint density at radius 1 is 0.917 bits per heavy atom. The number of aliphatic carboxylic acids is 2. The molecule has 8 heteroatoms. The topological polar surface area (TPSA) is 114 Å².